The molecule has 0 amide bonds. The summed E-state index contributed by atoms with van der Waals surface area (Å²) >= 11 is 0. The zero-order chi connectivity index (χ0) is 22.7. The molecule has 0 N–H and O–H groups in total. The van der Waals surface area contributed by atoms with Crippen molar-refractivity contribution >= 4 is 11.8 Å². The van der Waals surface area contributed by atoms with Gasteiger partial charge < -0.3 is 9.47 Å². The second-order valence-corrected chi connectivity index (χ2v) is 8.17. The van der Waals surface area contributed by atoms with E-state index in [2.05, 4.69) is 0 Å². The van der Waals surface area contributed by atoms with Gasteiger partial charge in [0.25, 0.3) is 5.60 Å². The van der Waals surface area contributed by atoms with Crippen molar-refractivity contribution in [2.45, 2.75) is 58.4 Å². The maximum atomic E-state index is 14.0. The number of ketones is 1. The van der Waals surface area contributed by atoms with E-state index in [9.17, 15) is 22.8 Å². The number of halogens is 3. The van der Waals surface area contributed by atoms with Gasteiger partial charge in [0.2, 0.25) is 0 Å². The Hall–Kier alpha value is -2.41. The second kappa shape index (κ2) is 8.76. The molecule has 0 heterocycles. The lowest BCUT2D eigenvalue weighted by atomic mass is 9.72. The van der Waals surface area contributed by atoms with Gasteiger partial charge in [0.1, 0.15) is 6.10 Å². The third kappa shape index (κ3) is 4.67. The number of carbonyl (C=O) groups is 2. The minimum Gasteiger partial charge on any atom is -0.460 e. The van der Waals surface area contributed by atoms with Crippen LogP contribution in [0.4, 0.5) is 13.2 Å². The van der Waals surface area contributed by atoms with Gasteiger partial charge in [0, 0.05) is 25.5 Å². The molecule has 2 atom stereocenters. The predicted molar refractivity (Wildman–Crippen MR) is 107 cm³/mol. The second-order valence-electron chi connectivity index (χ2n) is 8.17. The normalized spacial score (nSPS) is 21.0. The summed E-state index contributed by atoms with van der Waals surface area (Å²) in [5.41, 5.74) is -2.22. The van der Waals surface area contributed by atoms with E-state index in [-0.39, 0.29) is 17.8 Å². The summed E-state index contributed by atoms with van der Waals surface area (Å²) < 4.78 is 51.8. The highest BCUT2D eigenvalue weighted by Gasteiger charge is 2.64. The van der Waals surface area contributed by atoms with Crippen molar-refractivity contribution in [3.05, 3.63) is 59.2 Å². The van der Waals surface area contributed by atoms with Crippen LogP contribution in [0.15, 0.2) is 53.6 Å². The van der Waals surface area contributed by atoms with Crippen molar-refractivity contribution < 1.29 is 32.2 Å². The zero-order valence-electron chi connectivity index (χ0n) is 17.8. The van der Waals surface area contributed by atoms with Crippen LogP contribution in [0.5, 0.6) is 0 Å². The van der Waals surface area contributed by atoms with E-state index >= 15 is 0 Å². The topological polar surface area (TPSA) is 52.6 Å². The van der Waals surface area contributed by atoms with Gasteiger partial charge in [-0.05, 0) is 36.5 Å². The third-order valence-electron chi connectivity index (χ3n) is 5.28. The highest BCUT2D eigenvalue weighted by atomic mass is 19.4. The summed E-state index contributed by atoms with van der Waals surface area (Å²) in [5, 5.41) is 0. The third-order valence-corrected chi connectivity index (χ3v) is 5.28. The van der Waals surface area contributed by atoms with E-state index in [0.717, 1.165) is 18.3 Å². The molecule has 0 radical (unpaired) electrons. The van der Waals surface area contributed by atoms with Crippen LogP contribution in [0, 0.1) is 5.41 Å². The number of hydrogen-bond donors (Lipinski definition) is 0. The number of alkyl halides is 3. The number of benzene rings is 1. The van der Waals surface area contributed by atoms with Crippen LogP contribution in [0.25, 0.3) is 0 Å². The monoisotopic (exact) mass is 424 g/mol. The summed E-state index contributed by atoms with van der Waals surface area (Å²) in [4.78, 5) is 24.5. The van der Waals surface area contributed by atoms with Crippen molar-refractivity contribution in [3.63, 3.8) is 0 Å². The highest BCUT2D eigenvalue weighted by Crippen LogP contribution is 2.43. The Morgan fingerprint density at radius 2 is 1.83 bits per heavy atom. The SMILES string of the molecule is CO[C@](C(=O)O[C@@H](C)C/C=C1/C(C)=CC(=O)CC1(C)C)(c1ccccc1)C(F)(F)F. The van der Waals surface area contributed by atoms with Crippen LogP contribution >= 0.6 is 0 Å². The first-order chi connectivity index (χ1) is 13.8. The van der Waals surface area contributed by atoms with Crippen LogP contribution in [-0.2, 0) is 24.7 Å². The van der Waals surface area contributed by atoms with Gasteiger partial charge >= 0.3 is 12.1 Å². The predicted octanol–water partition coefficient (Wildman–Crippen LogP) is 5.28. The minimum atomic E-state index is -5.01. The molecule has 0 aliphatic heterocycles. The molecule has 1 aliphatic rings. The number of rotatable bonds is 6. The van der Waals surface area contributed by atoms with Crippen molar-refractivity contribution in [1.29, 1.82) is 0 Å². The van der Waals surface area contributed by atoms with E-state index in [0.29, 0.717) is 6.42 Å². The molecule has 1 aromatic rings. The fourth-order valence-electron chi connectivity index (χ4n) is 3.86. The number of methoxy groups -OCH3 is 1. The van der Waals surface area contributed by atoms with Crippen LogP contribution < -0.4 is 0 Å². The van der Waals surface area contributed by atoms with Crippen LogP contribution in [-0.4, -0.2) is 31.1 Å². The van der Waals surface area contributed by atoms with Crippen molar-refractivity contribution in [1.82, 2.24) is 0 Å². The Balaban J connectivity index is 2.26. The molecule has 1 aliphatic carbocycles. The summed E-state index contributed by atoms with van der Waals surface area (Å²) in [6.07, 6.45) is -1.91. The molecular weight excluding hydrogens is 397 g/mol. The number of ether oxygens (including phenoxy) is 2. The highest BCUT2D eigenvalue weighted by molar-refractivity contribution is 5.93. The molecule has 0 unspecified atom stereocenters. The van der Waals surface area contributed by atoms with Crippen LogP contribution in [0.3, 0.4) is 0 Å². The molecule has 7 heteroatoms. The Labute approximate surface area is 174 Å². The van der Waals surface area contributed by atoms with Crippen LogP contribution in [0.1, 0.15) is 46.1 Å². The fourth-order valence-corrected chi connectivity index (χ4v) is 3.86. The molecule has 2 rings (SSSR count). The smallest absolute Gasteiger partial charge is 0.432 e. The summed E-state index contributed by atoms with van der Waals surface area (Å²) in [7, 11) is 0.837. The van der Waals surface area contributed by atoms with E-state index in [1.165, 1.54) is 31.2 Å². The van der Waals surface area contributed by atoms with E-state index < -0.39 is 29.3 Å². The lowest BCUT2D eigenvalue weighted by Gasteiger charge is -2.34. The number of hydrogen-bond acceptors (Lipinski definition) is 4. The van der Waals surface area contributed by atoms with E-state index in [1.54, 1.807) is 12.1 Å². The molecule has 0 aromatic heterocycles. The lowest BCUT2D eigenvalue weighted by molar-refractivity contribution is -0.277. The quantitative estimate of drug-likeness (QED) is 0.583. The van der Waals surface area contributed by atoms with Gasteiger partial charge in [-0.2, -0.15) is 13.2 Å². The van der Waals surface area contributed by atoms with E-state index in [1.807, 2.05) is 26.8 Å². The molecule has 164 valence electrons. The van der Waals surface area contributed by atoms with Gasteiger partial charge in [-0.1, -0.05) is 50.3 Å². The van der Waals surface area contributed by atoms with Gasteiger partial charge in [-0.25, -0.2) is 4.79 Å². The number of allylic oxidation sites excluding steroid dienone is 3. The largest absolute Gasteiger partial charge is 0.460 e. The molecule has 30 heavy (non-hydrogen) atoms. The minimum absolute atomic E-state index is 0.0343. The molecule has 0 spiro atoms. The van der Waals surface area contributed by atoms with Gasteiger partial charge in [-0.3, -0.25) is 4.79 Å². The number of esters is 1. The van der Waals surface area contributed by atoms with Crippen molar-refractivity contribution in [2.75, 3.05) is 7.11 Å². The van der Waals surface area contributed by atoms with E-state index in [4.69, 9.17) is 9.47 Å². The van der Waals surface area contributed by atoms with Gasteiger partial charge in [0.05, 0.1) is 0 Å². The Morgan fingerprint density at radius 3 is 2.33 bits per heavy atom. The Bertz CT molecular complexity index is 853. The van der Waals surface area contributed by atoms with Crippen molar-refractivity contribution in [2.24, 2.45) is 5.41 Å². The molecule has 0 saturated carbocycles. The Kier molecular flexibility index (Phi) is 6.97. The number of carbonyl (C=O) groups excluding carboxylic acids is 2. The summed E-state index contributed by atoms with van der Waals surface area (Å²) in [6, 6.07) is 6.71. The average Bonchev–Trinajstić information content (AvgIpc) is 2.60. The maximum absolute atomic E-state index is 14.0. The summed E-state index contributed by atoms with van der Waals surface area (Å²) in [6.45, 7) is 7.20. The Morgan fingerprint density at radius 1 is 1.23 bits per heavy atom. The van der Waals surface area contributed by atoms with Gasteiger partial charge in [-0.15, -0.1) is 0 Å². The van der Waals surface area contributed by atoms with Crippen LogP contribution in [0.2, 0.25) is 0 Å². The standard InChI is InChI=1S/C23H27F3O4/c1-15-13-18(27)14-21(3,4)19(15)12-11-16(2)30-20(28)22(29-5,23(24,25)26)17-9-7-6-8-10-17/h6-10,12-13,16H,11,14H2,1-5H3/b19-12-/t16-,22-/m0/s1. The first-order valence-corrected chi connectivity index (χ1v) is 9.66. The maximum Gasteiger partial charge on any atom is 0.432 e. The first kappa shape index (κ1) is 23.9. The fraction of sp³-hybridized carbons (Fsp3) is 0.478. The summed E-state index contributed by atoms with van der Waals surface area (Å²) in [5.74, 6) is -1.48. The van der Waals surface area contributed by atoms with Gasteiger partial charge in [0.15, 0.2) is 5.78 Å². The molecule has 0 bridgehead atoms. The molecular formula is C23H27F3O4. The van der Waals surface area contributed by atoms with Crippen molar-refractivity contribution in [3.8, 4) is 0 Å². The molecule has 0 saturated heterocycles. The lowest BCUT2D eigenvalue weighted by Crippen LogP contribution is -2.52. The average molecular weight is 424 g/mol. The first-order valence-electron chi connectivity index (χ1n) is 9.66. The molecule has 1 aromatic carbocycles. The molecule has 0 fully saturated rings. The molecule has 4 nitrogen and oxygen atoms in total. The zero-order valence-corrected chi connectivity index (χ0v) is 17.8.